The van der Waals surface area contributed by atoms with Crippen LogP contribution in [0.15, 0.2) is 18.6 Å². The Bertz CT molecular complexity index is 542. The number of piperidine rings is 1. The van der Waals surface area contributed by atoms with Gasteiger partial charge in [-0.05, 0) is 44.3 Å². The quantitative estimate of drug-likeness (QED) is 0.861. The van der Waals surface area contributed by atoms with E-state index in [0.29, 0.717) is 0 Å². The molecule has 2 fully saturated rings. The van der Waals surface area contributed by atoms with Gasteiger partial charge in [0, 0.05) is 19.8 Å². The third-order valence-electron chi connectivity index (χ3n) is 4.05. The fraction of sp³-hybridized carbons (Fsp3) is 0.571. The second-order valence-electron chi connectivity index (χ2n) is 5.37. The number of nitrogens with one attached hydrogen (secondary N) is 2. The topological polar surface area (TPSA) is 56.8 Å². The second-order valence-corrected chi connectivity index (χ2v) is 5.37. The minimum atomic E-state index is 0.894. The lowest BCUT2D eigenvalue weighted by Crippen LogP contribution is -2.17. The first-order valence-electron chi connectivity index (χ1n) is 6.99. The average Bonchev–Trinajstić information content (AvgIpc) is 2.88. The maximum absolute atomic E-state index is 4.24. The van der Waals surface area contributed by atoms with Gasteiger partial charge in [0.25, 0.3) is 0 Å². The van der Waals surface area contributed by atoms with Gasteiger partial charge in [-0.25, -0.2) is 9.97 Å². The van der Waals surface area contributed by atoms with E-state index in [0.717, 1.165) is 35.2 Å². The Balaban J connectivity index is 0.000000151. The van der Waals surface area contributed by atoms with E-state index in [-0.39, 0.29) is 0 Å². The zero-order chi connectivity index (χ0) is 13.2. The number of aromatic amines is 1. The minimum absolute atomic E-state index is 0.894. The summed E-state index contributed by atoms with van der Waals surface area (Å²) in [5.74, 6) is 3.18. The van der Waals surface area contributed by atoms with Crippen LogP contribution in [-0.4, -0.2) is 41.6 Å². The first kappa shape index (κ1) is 12.4. The van der Waals surface area contributed by atoms with Crippen LogP contribution >= 0.6 is 0 Å². The van der Waals surface area contributed by atoms with Gasteiger partial charge in [0.2, 0.25) is 0 Å². The SMILES string of the molecule is C1NCC2CC12.CCN(C)c1ncnc2[nH]ccc12. The molecule has 1 saturated heterocycles. The Morgan fingerprint density at radius 3 is 2.68 bits per heavy atom. The van der Waals surface area contributed by atoms with E-state index < -0.39 is 0 Å². The molecule has 2 N–H and O–H groups in total. The summed E-state index contributed by atoms with van der Waals surface area (Å²) in [4.78, 5) is 13.5. The molecule has 5 nitrogen and oxygen atoms in total. The fourth-order valence-electron chi connectivity index (χ4n) is 2.58. The van der Waals surface area contributed by atoms with Crippen molar-refractivity contribution in [2.75, 3.05) is 31.6 Å². The molecule has 5 heteroatoms. The van der Waals surface area contributed by atoms with Gasteiger partial charge in [-0.1, -0.05) is 0 Å². The largest absolute Gasteiger partial charge is 0.359 e. The monoisotopic (exact) mass is 259 g/mol. The van der Waals surface area contributed by atoms with Crippen molar-refractivity contribution in [1.82, 2.24) is 20.3 Å². The molecule has 2 unspecified atom stereocenters. The molecule has 0 amide bonds. The maximum Gasteiger partial charge on any atom is 0.142 e. The molecule has 2 aromatic heterocycles. The highest BCUT2D eigenvalue weighted by Crippen LogP contribution is 2.40. The molecule has 102 valence electrons. The van der Waals surface area contributed by atoms with E-state index in [1.54, 1.807) is 6.33 Å². The number of nitrogens with zero attached hydrogens (tertiary/aromatic N) is 3. The normalized spacial score (nSPS) is 23.7. The van der Waals surface area contributed by atoms with Gasteiger partial charge >= 0.3 is 0 Å². The van der Waals surface area contributed by atoms with Gasteiger partial charge < -0.3 is 15.2 Å². The van der Waals surface area contributed by atoms with Gasteiger partial charge in [-0.2, -0.15) is 0 Å². The molecular formula is C14H21N5. The van der Waals surface area contributed by atoms with Crippen molar-refractivity contribution in [3.8, 4) is 0 Å². The van der Waals surface area contributed by atoms with Crippen LogP contribution in [0, 0.1) is 11.8 Å². The highest BCUT2D eigenvalue weighted by atomic mass is 15.2. The van der Waals surface area contributed by atoms with Gasteiger partial charge in [0.1, 0.15) is 17.8 Å². The molecule has 0 spiro atoms. The Morgan fingerprint density at radius 2 is 2.11 bits per heavy atom. The average molecular weight is 259 g/mol. The van der Waals surface area contributed by atoms with E-state index in [1.165, 1.54) is 19.5 Å². The molecule has 1 aliphatic heterocycles. The van der Waals surface area contributed by atoms with Crippen molar-refractivity contribution in [3.63, 3.8) is 0 Å². The molecule has 2 aliphatic rings. The summed E-state index contributed by atoms with van der Waals surface area (Å²) >= 11 is 0. The number of rotatable bonds is 2. The summed E-state index contributed by atoms with van der Waals surface area (Å²) in [7, 11) is 2.02. The van der Waals surface area contributed by atoms with Gasteiger partial charge in [-0.15, -0.1) is 0 Å². The Kier molecular flexibility index (Phi) is 3.38. The number of anilines is 1. The second kappa shape index (κ2) is 5.17. The predicted molar refractivity (Wildman–Crippen MR) is 77.3 cm³/mol. The van der Waals surface area contributed by atoms with Crippen molar-refractivity contribution in [1.29, 1.82) is 0 Å². The summed E-state index contributed by atoms with van der Waals surface area (Å²) in [6.45, 7) is 5.66. The molecule has 2 atom stereocenters. The van der Waals surface area contributed by atoms with Crippen molar-refractivity contribution >= 4 is 16.9 Å². The number of hydrogen-bond acceptors (Lipinski definition) is 4. The Labute approximate surface area is 113 Å². The lowest BCUT2D eigenvalue weighted by molar-refractivity contribution is 0.732. The third kappa shape index (κ3) is 2.56. The van der Waals surface area contributed by atoms with E-state index in [2.05, 4.69) is 32.1 Å². The van der Waals surface area contributed by atoms with Crippen LogP contribution < -0.4 is 10.2 Å². The molecule has 1 aliphatic carbocycles. The number of fused-ring (bicyclic) bond motifs is 2. The van der Waals surface area contributed by atoms with E-state index in [4.69, 9.17) is 0 Å². The molecule has 0 bridgehead atoms. The van der Waals surface area contributed by atoms with Crippen LogP contribution in [0.5, 0.6) is 0 Å². The number of aromatic nitrogens is 3. The lowest BCUT2D eigenvalue weighted by Gasteiger charge is -2.15. The maximum atomic E-state index is 4.24. The summed E-state index contributed by atoms with van der Waals surface area (Å²) in [5, 5.41) is 4.40. The molecule has 2 aromatic rings. The van der Waals surface area contributed by atoms with Crippen LogP contribution in [0.3, 0.4) is 0 Å². The number of H-pyrrole nitrogens is 1. The summed E-state index contributed by atoms with van der Waals surface area (Å²) in [5.41, 5.74) is 0.894. The molecule has 19 heavy (non-hydrogen) atoms. The standard InChI is InChI=1S/C9H12N4.C5H9N/c1-3-13(2)9-7-4-5-10-8(7)11-6-12-9;1-4-2-6-3-5(1)4/h4-6H,3H2,1-2H3,(H,10,11,12);4-6H,1-3H2. The van der Waals surface area contributed by atoms with Crippen LogP contribution in [0.25, 0.3) is 11.0 Å². The van der Waals surface area contributed by atoms with Crippen LogP contribution in [-0.2, 0) is 0 Å². The zero-order valence-electron chi connectivity index (χ0n) is 11.6. The Morgan fingerprint density at radius 1 is 1.32 bits per heavy atom. The lowest BCUT2D eigenvalue weighted by atomic mass is 10.3. The van der Waals surface area contributed by atoms with E-state index in [9.17, 15) is 0 Å². The van der Waals surface area contributed by atoms with Gasteiger partial charge in [-0.3, -0.25) is 0 Å². The number of hydrogen-bond donors (Lipinski definition) is 2. The third-order valence-corrected chi connectivity index (χ3v) is 4.05. The van der Waals surface area contributed by atoms with Crippen molar-refractivity contribution in [2.24, 2.45) is 11.8 Å². The van der Waals surface area contributed by atoms with Gasteiger partial charge in [0.15, 0.2) is 0 Å². The zero-order valence-corrected chi connectivity index (χ0v) is 11.6. The summed E-state index contributed by atoms with van der Waals surface area (Å²) in [6.07, 6.45) is 4.99. The van der Waals surface area contributed by atoms with E-state index >= 15 is 0 Å². The highest BCUT2D eigenvalue weighted by molar-refractivity contribution is 5.87. The smallest absolute Gasteiger partial charge is 0.142 e. The Hall–Kier alpha value is -1.62. The molecule has 4 rings (SSSR count). The molecular weight excluding hydrogens is 238 g/mol. The fourth-order valence-corrected chi connectivity index (χ4v) is 2.58. The molecule has 3 heterocycles. The molecule has 0 radical (unpaired) electrons. The van der Waals surface area contributed by atoms with Crippen LogP contribution in [0.1, 0.15) is 13.3 Å². The van der Waals surface area contributed by atoms with Crippen LogP contribution in [0.2, 0.25) is 0 Å². The summed E-state index contributed by atoms with van der Waals surface area (Å²) in [6, 6.07) is 2.00. The molecule has 0 aromatic carbocycles. The predicted octanol–water partition coefficient (Wildman–Crippen LogP) is 1.64. The van der Waals surface area contributed by atoms with Crippen molar-refractivity contribution < 1.29 is 0 Å². The molecule has 1 saturated carbocycles. The highest BCUT2D eigenvalue weighted by Gasteiger charge is 2.40. The van der Waals surface area contributed by atoms with Crippen LogP contribution in [0.4, 0.5) is 5.82 Å². The van der Waals surface area contributed by atoms with Crippen molar-refractivity contribution in [3.05, 3.63) is 18.6 Å². The first-order chi connectivity index (χ1) is 9.29. The minimum Gasteiger partial charge on any atom is -0.359 e. The van der Waals surface area contributed by atoms with Crippen molar-refractivity contribution in [2.45, 2.75) is 13.3 Å². The summed E-state index contributed by atoms with van der Waals surface area (Å²) < 4.78 is 0. The first-order valence-corrected chi connectivity index (χ1v) is 6.99. The van der Waals surface area contributed by atoms with E-state index in [1.807, 2.05) is 19.3 Å². The van der Waals surface area contributed by atoms with Gasteiger partial charge in [0.05, 0.1) is 5.39 Å².